The molecule has 0 aliphatic rings. The molecule has 0 atom stereocenters. The first-order chi connectivity index (χ1) is 10.0. The molecule has 0 bridgehead atoms. The van der Waals surface area contributed by atoms with Crippen molar-refractivity contribution in [3.8, 4) is 0 Å². The van der Waals surface area contributed by atoms with Gasteiger partial charge in [0, 0.05) is 5.33 Å². The van der Waals surface area contributed by atoms with Gasteiger partial charge in [-0.25, -0.2) is 8.78 Å². The van der Waals surface area contributed by atoms with Crippen LogP contribution in [0, 0.1) is 11.6 Å². The lowest BCUT2D eigenvalue weighted by atomic mass is 9.73. The molecular formula is C16H12BrClF2O. The molecule has 0 fully saturated rings. The van der Waals surface area contributed by atoms with Gasteiger partial charge in [-0.1, -0.05) is 40.2 Å². The highest BCUT2D eigenvalue weighted by molar-refractivity contribution is 9.09. The maximum atomic E-state index is 13.1. The molecule has 0 N–H and O–H groups in total. The summed E-state index contributed by atoms with van der Waals surface area (Å²) in [5.74, 6) is -0.791. The number of carbonyl (C=O) groups is 1. The molecule has 0 aliphatic carbocycles. The standard InChI is InChI=1S/C16H12BrClF2O/c17-10-9-16(15(18)21,11-1-5-13(19)6-2-11)12-3-7-14(20)8-4-12/h1-8H,9-10H2. The third-order valence-electron chi connectivity index (χ3n) is 3.48. The lowest BCUT2D eigenvalue weighted by molar-refractivity contribution is -0.115. The van der Waals surface area contributed by atoms with Crippen molar-refractivity contribution in [2.75, 3.05) is 5.33 Å². The molecular weight excluding hydrogens is 362 g/mol. The number of hydrogen-bond acceptors (Lipinski definition) is 1. The van der Waals surface area contributed by atoms with Crippen LogP contribution in [0.25, 0.3) is 0 Å². The predicted molar refractivity (Wildman–Crippen MR) is 82.9 cm³/mol. The fourth-order valence-corrected chi connectivity index (χ4v) is 3.30. The van der Waals surface area contributed by atoms with Crippen LogP contribution in [0.15, 0.2) is 48.5 Å². The summed E-state index contributed by atoms with van der Waals surface area (Å²) in [5, 5.41) is -0.0691. The zero-order chi connectivity index (χ0) is 15.5. The van der Waals surface area contributed by atoms with Gasteiger partial charge >= 0.3 is 0 Å². The van der Waals surface area contributed by atoms with Gasteiger partial charge in [-0.05, 0) is 53.4 Å². The van der Waals surface area contributed by atoms with Crippen LogP contribution in [-0.4, -0.2) is 10.6 Å². The maximum Gasteiger partial charge on any atom is 0.236 e. The molecule has 0 saturated heterocycles. The zero-order valence-electron chi connectivity index (χ0n) is 11.0. The summed E-state index contributed by atoms with van der Waals surface area (Å²) in [7, 11) is 0. The molecule has 2 rings (SSSR count). The molecule has 0 unspecified atom stereocenters. The van der Waals surface area contributed by atoms with Gasteiger partial charge in [0.25, 0.3) is 0 Å². The molecule has 2 aromatic carbocycles. The number of halogens is 4. The number of rotatable bonds is 5. The van der Waals surface area contributed by atoms with Gasteiger partial charge in [-0.3, -0.25) is 4.79 Å². The minimum Gasteiger partial charge on any atom is -0.280 e. The first kappa shape index (κ1) is 16.1. The average molecular weight is 374 g/mol. The van der Waals surface area contributed by atoms with Crippen LogP contribution >= 0.6 is 27.5 Å². The molecule has 0 amide bonds. The second kappa shape index (κ2) is 6.67. The van der Waals surface area contributed by atoms with Gasteiger partial charge in [0.2, 0.25) is 5.24 Å². The second-order valence-electron chi connectivity index (χ2n) is 4.63. The molecule has 0 radical (unpaired) electrons. The van der Waals surface area contributed by atoms with Gasteiger partial charge in [0.15, 0.2) is 0 Å². The van der Waals surface area contributed by atoms with Crippen LogP contribution in [0.3, 0.4) is 0 Å². The van der Waals surface area contributed by atoms with Gasteiger partial charge < -0.3 is 0 Å². The van der Waals surface area contributed by atoms with E-state index in [-0.39, 0.29) is 0 Å². The summed E-state index contributed by atoms with van der Waals surface area (Å²) in [5.41, 5.74) is 0.0248. The van der Waals surface area contributed by atoms with E-state index in [1.165, 1.54) is 48.5 Å². The number of benzene rings is 2. The van der Waals surface area contributed by atoms with E-state index in [0.29, 0.717) is 22.9 Å². The van der Waals surface area contributed by atoms with Crippen molar-refractivity contribution in [3.05, 3.63) is 71.3 Å². The molecule has 2 aromatic rings. The van der Waals surface area contributed by atoms with E-state index < -0.39 is 22.3 Å². The van der Waals surface area contributed by atoms with E-state index in [0.717, 1.165) is 0 Å². The lowest BCUT2D eigenvalue weighted by Crippen LogP contribution is -2.35. The van der Waals surface area contributed by atoms with Crippen molar-refractivity contribution in [2.24, 2.45) is 0 Å². The number of alkyl halides is 1. The highest BCUT2D eigenvalue weighted by Crippen LogP contribution is 2.38. The van der Waals surface area contributed by atoms with Crippen molar-refractivity contribution in [1.29, 1.82) is 0 Å². The van der Waals surface area contributed by atoms with Crippen LogP contribution in [-0.2, 0) is 10.2 Å². The monoisotopic (exact) mass is 372 g/mol. The van der Waals surface area contributed by atoms with E-state index in [4.69, 9.17) is 11.6 Å². The van der Waals surface area contributed by atoms with E-state index in [9.17, 15) is 13.6 Å². The Morgan fingerprint density at radius 1 is 0.952 bits per heavy atom. The summed E-state index contributed by atoms with van der Waals surface area (Å²) >= 11 is 9.20. The summed E-state index contributed by atoms with van der Waals surface area (Å²) in [4.78, 5) is 12.2. The Morgan fingerprint density at radius 2 is 1.33 bits per heavy atom. The van der Waals surface area contributed by atoms with Gasteiger partial charge in [-0.15, -0.1) is 0 Å². The maximum absolute atomic E-state index is 13.1. The van der Waals surface area contributed by atoms with Crippen LogP contribution in [0.2, 0.25) is 0 Å². The van der Waals surface area contributed by atoms with E-state index in [1.807, 2.05) is 0 Å². The molecule has 0 heterocycles. The van der Waals surface area contributed by atoms with Crippen LogP contribution in [0.5, 0.6) is 0 Å². The van der Waals surface area contributed by atoms with Crippen molar-refractivity contribution in [2.45, 2.75) is 11.8 Å². The topological polar surface area (TPSA) is 17.1 Å². The Balaban J connectivity index is 2.65. The Labute approximate surface area is 135 Å². The largest absolute Gasteiger partial charge is 0.280 e. The second-order valence-corrected chi connectivity index (χ2v) is 5.77. The molecule has 1 nitrogen and oxygen atoms in total. The minimum atomic E-state index is -1.13. The summed E-state index contributed by atoms with van der Waals surface area (Å²) in [6.07, 6.45) is 0.382. The third-order valence-corrected chi connectivity index (χ3v) is 4.20. The molecule has 110 valence electrons. The van der Waals surface area contributed by atoms with Crippen molar-refractivity contribution >= 4 is 32.8 Å². The summed E-state index contributed by atoms with van der Waals surface area (Å²) in [6.45, 7) is 0. The minimum absolute atomic E-state index is 0.382. The highest BCUT2D eigenvalue weighted by atomic mass is 79.9. The molecule has 0 spiro atoms. The number of hydrogen-bond donors (Lipinski definition) is 0. The zero-order valence-corrected chi connectivity index (χ0v) is 13.3. The third kappa shape index (κ3) is 3.16. The van der Waals surface area contributed by atoms with Crippen molar-refractivity contribution < 1.29 is 13.6 Å². The van der Waals surface area contributed by atoms with Crippen LogP contribution in [0.4, 0.5) is 8.78 Å². The summed E-state index contributed by atoms with van der Waals surface area (Å²) < 4.78 is 26.3. The molecule has 5 heteroatoms. The Hall–Kier alpha value is -1.26. The SMILES string of the molecule is O=C(Cl)C(CCBr)(c1ccc(F)cc1)c1ccc(F)cc1. The molecule has 21 heavy (non-hydrogen) atoms. The van der Waals surface area contributed by atoms with E-state index >= 15 is 0 Å². The predicted octanol–water partition coefficient (Wildman–Crippen LogP) is 4.80. The lowest BCUT2D eigenvalue weighted by Gasteiger charge is -2.30. The number of carbonyl (C=O) groups excluding carboxylic acids is 1. The quantitative estimate of drug-likeness (QED) is 0.543. The average Bonchev–Trinajstić information content (AvgIpc) is 2.46. The summed E-state index contributed by atoms with van der Waals surface area (Å²) in [6, 6.07) is 11.2. The first-order valence-corrected chi connectivity index (χ1v) is 7.78. The molecule has 0 aliphatic heterocycles. The van der Waals surface area contributed by atoms with Crippen molar-refractivity contribution in [3.63, 3.8) is 0 Å². The smallest absolute Gasteiger partial charge is 0.236 e. The Bertz CT molecular complexity index is 580. The van der Waals surface area contributed by atoms with Crippen molar-refractivity contribution in [1.82, 2.24) is 0 Å². The first-order valence-electron chi connectivity index (χ1n) is 6.28. The molecule has 0 saturated carbocycles. The highest BCUT2D eigenvalue weighted by Gasteiger charge is 2.40. The normalized spacial score (nSPS) is 11.4. The van der Waals surface area contributed by atoms with Gasteiger partial charge in [0.1, 0.15) is 11.6 Å². The van der Waals surface area contributed by atoms with Crippen LogP contribution < -0.4 is 0 Å². The van der Waals surface area contributed by atoms with Gasteiger partial charge in [-0.2, -0.15) is 0 Å². The fraction of sp³-hybridized carbons (Fsp3) is 0.188. The molecule has 0 aromatic heterocycles. The van der Waals surface area contributed by atoms with Crippen LogP contribution in [0.1, 0.15) is 17.5 Å². The van der Waals surface area contributed by atoms with E-state index in [1.54, 1.807) is 0 Å². The van der Waals surface area contributed by atoms with E-state index in [2.05, 4.69) is 15.9 Å². The Morgan fingerprint density at radius 3 is 1.62 bits per heavy atom. The Kier molecular flexibility index (Phi) is 5.12. The van der Waals surface area contributed by atoms with Gasteiger partial charge in [0.05, 0.1) is 5.41 Å². The fourth-order valence-electron chi connectivity index (χ4n) is 2.39.